The number of thiazole rings is 1. The van der Waals surface area contributed by atoms with E-state index in [4.69, 9.17) is 0 Å². The number of hydrogen-bond donors (Lipinski definition) is 0. The molecule has 32 heavy (non-hydrogen) atoms. The largest absolute Gasteiger partial charge is 0.335 e. The Bertz CT molecular complexity index is 1260. The Morgan fingerprint density at radius 2 is 1.69 bits per heavy atom. The molecule has 2 heterocycles. The summed E-state index contributed by atoms with van der Waals surface area (Å²) in [6, 6.07) is 14.0. The maximum atomic E-state index is 13.0. The number of hydrogen-bond acceptors (Lipinski definition) is 6. The van der Waals surface area contributed by atoms with Crippen molar-refractivity contribution in [3.63, 3.8) is 0 Å². The molecular weight excluding hydrogens is 446 g/mol. The Morgan fingerprint density at radius 1 is 1.00 bits per heavy atom. The summed E-state index contributed by atoms with van der Waals surface area (Å²) >= 11 is 1.41. The molecule has 0 aliphatic carbocycles. The van der Waals surface area contributed by atoms with Crippen LogP contribution in [0.25, 0.3) is 10.6 Å². The van der Waals surface area contributed by atoms with Gasteiger partial charge in [0.25, 0.3) is 5.91 Å². The molecule has 1 amide bonds. The van der Waals surface area contributed by atoms with Crippen LogP contribution >= 0.6 is 11.3 Å². The van der Waals surface area contributed by atoms with E-state index in [0.717, 1.165) is 16.1 Å². The molecule has 1 fully saturated rings. The maximum Gasteiger partial charge on any atom is 0.273 e. The lowest BCUT2D eigenvalue weighted by molar-refractivity contribution is 0.0692. The van der Waals surface area contributed by atoms with Crippen molar-refractivity contribution in [3.05, 3.63) is 70.7 Å². The van der Waals surface area contributed by atoms with Gasteiger partial charge in [-0.15, -0.1) is 11.3 Å². The van der Waals surface area contributed by atoms with Gasteiger partial charge in [0.1, 0.15) is 10.7 Å². The monoisotopic (exact) mass is 469 g/mol. The summed E-state index contributed by atoms with van der Waals surface area (Å²) in [7, 11) is -3.74. The first-order valence-electron chi connectivity index (χ1n) is 10.2. The fourth-order valence-electron chi connectivity index (χ4n) is 3.52. The van der Waals surface area contributed by atoms with Crippen LogP contribution in [0.3, 0.4) is 0 Å². The summed E-state index contributed by atoms with van der Waals surface area (Å²) in [5, 5.41) is 2.52. The van der Waals surface area contributed by atoms with E-state index in [1.54, 1.807) is 22.4 Å². The Labute approximate surface area is 191 Å². The topological polar surface area (TPSA) is 87.7 Å². The fraction of sp³-hybridized carbons (Fsp3) is 0.261. The molecule has 1 aliphatic heterocycles. The van der Waals surface area contributed by atoms with Gasteiger partial charge in [-0.25, -0.2) is 13.4 Å². The lowest BCUT2D eigenvalue weighted by Gasteiger charge is -2.33. The van der Waals surface area contributed by atoms with Gasteiger partial charge in [-0.3, -0.25) is 9.59 Å². The molecule has 1 aromatic heterocycles. The van der Waals surface area contributed by atoms with Crippen molar-refractivity contribution in [3.8, 4) is 10.6 Å². The van der Waals surface area contributed by atoms with E-state index < -0.39 is 10.0 Å². The highest BCUT2D eigenvalue weighted by Crippen LogP contribution is 2.25. The summed E-state index contributed by atoms with van der Waals surface area (Å²) in [4.78, 5) is 30.7. The molecule has 9 heteroatoms. The minimum atomic E-state index is -3.74. The Morgan fingerprint density at radius 3 is 2.34 bits per heavy atom. The van der Waals surface area contributed by atoms with Crippen LogP contribution in [0.4, 0.5) is 0 Å². The van der Waals surface area contributed by atoms with Crippen molar-refractivity contribution in [1.29, 1.82) is 0 Å². The lowest BCUT2D eigenvalue weighted by atomic mass is 10.2. The molecule has 2 aromatic carbocycles. The zero-order valence-corrected chi connectivity index (χ0v) is 19.4. The highest BCUT2D eigenvalue weighted by molar-refractivity contribution is 7.89. The predicted molar refractivity (Wildman–Crippen MR) is 123 cm³/mol. The SMILES string of the molecule is CC(=O)c1cccc(S(=O)(=O)N2CCN(C(=O)c3csc(-c4ccc(C)cc4)n3)CC2)c1. The number of Topliss-reactive ketones (excluding diaryl/α,β-unsaturated/α-hetero) is 1. The van der Waals surface area contributed by atoms with E-state index in [1.165, 1.54) is 34.7 Å². The number of amides is 1. The van der Waals surface area contributed by atoms with Crippen LogP contribution in [0.1, 0.15) is 33.3 Å². The van der Waals surface area contributed by atoms with Gasteiger partial charge in [-0.05, 0) is 26.0 Å². The van der Waals surface area contributed by atoms with Crippen LogP contribution < -0.4 is 0 Å². The first-order chi connectivity index (χ1) is 15.3. The number of rotatable bonds is 5. The molecule has 166 valence electrons. The summed E-state index contributed by atoms with van der Waals surface area (Å²) < 4.78 is 27.3. The zero-order chi connectivity index (χ0) is 22.9. The highest BCUT2D eigenvalue weighted by atomic mass is 32.2. The van der Waals surface area contributed by atoms with Gasteiger partial charge in [-0.1, -0.05) is 42.0 Å². The van der Waals surface area contributed by atoms with E-state index in [2.05, 4.69) is 4.98 Å². The smallest absolute Gasteiger partial charge is 0.273 e. The third-order valence-corrected chi connectivity index (χ3v) is 8.21. The van der Waals surface area contributed by atoms with Crippen molar-refractivity contribution in [2.45, 2.75) is 18.7 Å². The van der Waals surface area contributed by atoms with Crippen molar-refractivity contribution in [2.24, 2.45) is 0 Å². The van der Waals surface area contributed by atoms with E-state index in [-0.39, 0.29) is 42.8 Å². The third-order valence-electron chi connectivity index (χ3n) is 5.43. The molecule has 4 rings (SSSR count). The van der Waals surface area contributed by atoms with E-state index >= 15 is 0 Å². The second-order valence-electron chi connectivity index (χ2n) is 7.68. The molecule has 1 saturated heterocycles. The second-order valence-corrected chi connectivity index (χ2v) is 10.5. The van der Waals surface area contributed by atoms with Crippen LogP contribution in [-0.2, 0) is 10.0 Å². The average Bonchev–Trinajstić information content (AvgIpc) is 3.29. The van der Waals surface area contributed by atoms with Gasteiger partial charge >= 0.3 is 0 Å². The number of nitrogens with zero attached hydrogens (tertiary/aromatic N) is 3. The molecule has 0 unspecified atom stereocenters. The number of aryl methyl sites for hydroxylation is 1. The standard InChI is InChI=1S/C23H23N3O4S2/c1-16-6-8-18(9-7-16)22-24-21(15-31-22)23(28)25-10-12-26(13-11-25)32(29,30)20-5-3-4-19(14-20)17(2)27/h3-9,14-15H,10-13H2,1-2H3. The van der Waals surface area contributed by atoms with Crippen molar-refractivity contribution in [1.82, 2.24) is 14.2 Å². The summed E-state index contributed by atoms with van der Waals surface area (Å²) in [6.07, 6.45) is 0. The molecule has 3 aromatic rings. The van der Waals surface area contributed by atoms with Crippen LogP contribution in [0, 0.1) is 6.92 Å². The molecule has 0 radical (unpaired) electrons. The number of carbonyl (C=O) groups is 2. The fourth-order valence-corrected chi connectivity index (χ4v) is 5.79. The highest BCUT2D eigenvalue weighted by Gasteiger charge is 2.31. The minimum absolute atomic E-state index is 0.0900. The number of sulfonamides is 1. The van der Waals surface area contributed by atoms with E-state index in [1.807, 2.05) is 31.2 Å². The number of carbonyl (C=O) groups excluding carboxylic acids is 2. The Balaban J connectivity index is 1.43. The molecule has 7 nitrogen and oxygen atoms in total. The van der Waals surface area contributed by atoms with Gasteiger partial charge in [0.2, 0.25) is 10.0 Å². The minimum Gasteiger partial charge on any atom is -0.335 e. The van der Waals surface area contributed by atoms with Gasteiger partial charge in [0.15, 0.2) is 5.78 Å². The lowest BCUT2D eigenvalue weighted by Crippen LogP contribution is -2.50. The first-order valence-corrected chi connectivity index (χ1v) is 12.5. The Kier molecular flexibility index (Phi) is 6.23. The van der Waals surface area contributed by atoms with Gasteiger partial charge < -0.3 is 4.90 Å². The molecule has 0 bridgehead atoms. The quantitative estimate of drug-likeness (QED) is 0.534. The molecular formula is C23H23N3O4S2. The second kappa shape index (κ2) is 8.93. The molecule has 0 N–H and O–H groups in total. The number of benzene rings is 2. The van der Waals surface area contributed by atoms with Crippen molar-refractivity contribution >= 4 is 33.1 Å². The number of aromatic nitrogens is 1. The zero-order valence-electron chi connectivity index (χ0n) is 17.8. The van der Waals surface area contributed by atoms with Crippen LogP contribution in [0.5, 0.6) is 0 Å². The average molecular weight is 470 g/mol. The molecule has 0 saturated carbocycles. The predicted octanol–water partition coefficient (Wildman–Crippen LogP) is 3.47. The summed E-state index contributed by atoms with van der Waals surface area (Å²) in [5.74, 6) is -0.388. The number of piperazine rings is 1. The summed E-state index contributed by atoms with van der Waals surface area (Å²) in [6.45, 7) is 4.35. The molecule has 0 atom stereocenters. The van der Waals surface area contributed by atoms with Crippen molar-refractivity contribution in [2.75, 3.05) is 26.2 Å². The van der Waals surface area contributed by atoms with E-state index in [0.29, 0.717) is 11.3 Å². The van der Waals surface area contributed by atoms with Crippen LogP contribution in [-0.4, -0.2) is 60.5 Å². The van der Waals surface area contributed by atoms with Gasteiger partial charge in [0.05, 0.1) is 4.90 Å². The first kappa shape index (κ1) is 22.3. The summed E-state index contributed by atoms with van der Waals surface area (Å²) in [5.41, 5.74) is 2.84. The molecule has 0 spiro atoms. The van der Waals surface area contributed by atoms with Crippen LogP contribution in [0.15, 0.2) is 58.8 Å². The number of ketones is 1. The molecule has 1 aliphatic rings. The normalized spacial score (nSPS) is 15.0. The van der Waals surface area contributed by atoms with E-state index in [9.17, 15) is 18.0 Å². The van der Waals surface area contributed by atoms with Crippen LogP contribution in [0.2, 0.25) is 0 Å². The maximum absolute atomic E-state index is 13.0. The Hall–Kier alpha value is -2.88. The third kappa shape index (κ3) is 4.50. The van der Waals surface area contributed by atoms with Gasteiger partial charge in [0, 0.05) is 42.7 Å². The van der Waals surface area contributed by atoms with Crippen molar-refractivity contribution < 1.29 is 18.0 Å². The van der Waals surface area contributed by atoms with Gasteiger partial charge in [-0.2, -0.15) is 4.31 Å².